The number of imidazole rings is 1. The molecule has 1 saturated heterocycles. The van der Waals surface area contributed by atoms with Crippen LogP contribution in [0.2, 0.25) is 5.15 Å². The van der Waals surface area contributed by atoms with Gasteiger partial charge in [0.15, 0.2) is 10.8 Å². The van der Waals surface area contributed by atoms with E-state index in [1.165, 1.54) is 0 Å². The lowest BCUT2D eigenvalue weighted by molar-refractivity contribution is 0.123. The van der Waals surface area contributed by atoms with E-state index in [4.69, 9.17) is 16.3 Å². The van der Waals surface area contributed by atoms with E-state index in [0.29, 0.717) is 5.15 Å². The first-order chi connectivity index (χ1) is 8.25. The van der Waals surface area contributed by atoms with E-state index in [1.54, 1.807) is 10.7 Å². The first kappa shape index (κ1) is 11.5. The van der Waals surface area contributed by atoms with Gasteiger partial charge in [-0.1, -0.05) is 11.6 Å². The summed E-state index contributed by atoms with van der Waals surface area (Å²) in [4.78, 5) is 6.62. The van der Waals surface area contributed by atoms with Crippen LogP contribution in [0.4, 0.5) is 5.69 Å². The van der Waals surface area contributed by atoms with Crippen LogP contribution in [0.15, 0.2) is 12.3 Å². The Kier molecular flexibility index (Phi) is 3.10. The molecule has 5 nitrogen and oxygen atoms in total. The molecule has 3 heterocycles. The lowest BCUT2D eigenvalue weighted by Gasteiger charge is -2.28. The molecule has 0 aromatic carbocycles. The molecule has 1 fully saturated rings. The van der Waals surface area contributed by atoms with Crippen LogP contribution >= 0.6 is 34.2 Å². The van der Waals surface area contributed by atoms with E-state index in [2.05, 4.69) is 37.6 Å². The molecule has 2 aromatic rings. The molecule has 0 saturated carbocycles. The fourth-order valence-corrected chi connectivity index (χ4v) is 2.59. The Labute approximate surface area is 117 Å². The molecule has 90 valence electrons. The van der Waals surface area contributed by atoms with Crippen LogP contribution in [-0.4, -0.2) is 40.9 Å². The molecule has 1 aliphatic rings. The molecule has 2 aromatic heterocycles. The minimum atomic E-state index is 0.481. The van der Waals surface area contributed by atoms with Gasteiger partial charge in [0.2, 0.25) is 0 Å². The lowest BCUT2D eigenvalue weighted by atomic mass is 10.3. The Morgan fingerprint density at radius 1 is 1.35 bits per heavy atom. The first-order valence-electron chi connectivity index (χ1n) is 5.28. The Bertz CT molecular complexity index is 552. The maximum atomic E-state index is 6.05. The van der Waals surface area contributed by atoms with Crippen LogP contribution < -0.4 is 4.90 Å². The van der Waals surface area contributed by atoms with E-state index < -0.39 is 0 Å². The number of rotatable bonds is 1. The highest BCUT2D eigenvalue weighted by Crippen LogP contribution is 2.25. The summed E-state index contributed by atoms with van der Waals surface area (Å²) in [6.07, 6.45) is 1.79. The second-order valence-corrected chi connectivity index (χ2v) is 5.26. The molecule has 0 aliphatic carbocycles. The maximum Gasteiger partial charge on any atom is 0.178 e. The van der Waals surface area contributed by atoms with Crippen LogP contribution in [0.3, 0.4) is 0 Å². The zero-order chi connectivity index (χ0) is 11.8. The summed E-state index contributed by atoms with van der Waals surface area (Å²) in [5.41, 5.74) is 1.87. The largest absolute Gasteiger partial charge is 0.378 e. The van der Waals surface area contributed by atoms with Gasteiger partial charge in [-0.25, -0.2) is 9.50 Å². The minimum absolute atomic E-state index is 0.481. The number of fused-ring (bicyclic) bond motifs is 1. The van der Waals surface area contributed by atoms with Gasteiger partial charge in [-0.05, 0) is 22.6 Å². The van der Waals surface area contributed by atoms with Crippen molar-refractivity contribution in [3.05, 3.63) is 21.1 Å². The van der Waals surface area contributed by atoms with Crippen molar-refractivity contribution in [1.82, 2.24) is 14.6 Å². The smallest absolute Gasteiger partial charge is 0.178 e. The van der Waals surface area contributed by atoms with Gasteiger partial charge >= 0.3 is 0 Å². The molecule has 0 spiro atoms. The third-order valence-corrected chi connectivity index (χ3v) is 3.65. The predicted octanol–water partition coefficient (Wildman–Crippen LogP) is 1.82. The maximum absolute atomic E-state index is 6.05. The summed E-state index contributed by atoms with van der Waals surface area (Å²) in [5.74, 6) is 0. The van der Waals surface area contributed by atoms with Crippen molar-refractivity contribution in [3.63, 3.8) is 0 Å². The van der Waals surface area contributed by atoms with Gasteiger partial charge in [0.25, 0.3) is 0 Å². The SMILES string of the molecule is Clc1cc(N2CCOCC2)c2ncc(I)n2n1. The average Bonchev–Trinajstić information content (AvgIpc) is 2.72. The topological polar surface area (TPSA) is 42.7 Å². The lowest BCUT2D eigenvalue weighted by Crippen LogP contribution is -2.36. The van der Waals surface area contributed by atoms with Crippen LogP contribution in [0.5, 0.6) is 0 Å². The summed E-state index contributed by atoms with van der Waals surface area (Å²) in [5, 5.41) is 4.73. The standard InChI is InChI=1S/C10H10ClIN4O/c11-8-5-7(15-1-3-17-4-2-15)10-13-6-9(12)16(10)14-8/h5-6H,1-4H2. The molecule has 17 heavy (non-hydrogen) atoms. The molecule has 1 aliphatic heterocycles. The van der Waals surface area contributed by atoms with Crippen molar-refractivity contribution >= 4 is 45.5 Å². The first-order valence-corrected chi connectivity index (χ1v) is 6.74. The van der Waals surface area contributed by atoms with Gasteiger partial charge in [0.05, 0.1) is 25.1 Å². The zero-order valence-corrected chi connectivity index (χ0v) is 11.8. The van der Waals surface area contributed by atoms with Crippen molar-refractivity contribution in [2.75, 3.05) is 31.2 Å². The average molecular weight is 365 g/mol. The van der Waals surface area contributed by atoms with Crippen LogP contribution in [0.25, 0.3) is 5.65 Å². The van der Waals surface area contributed by atoms with Crippen LogP contribution in [-0.2, 0) is 4.74 Å². The minimum Gasteiger partial charge on any atom is -0.378 e. The summed E-state index contributed by atoms with van der Waals surface area (Å²) in [7, 11) is 0. The van der Waals surface area contributed by atoms with Crippen molar-refractivity contribution in [2.24, 2.45) is 0 Å². The highest BCUT2D eigenvalue weighted by Gasteiger charge is 2.17. The van der Waals surface area contributed by atoms with Gasteiger partial charge in [-0.15, -0.1) is 0 Å². The summed E-state index contributed by atoms with van der Waals surface area (Å²) >= 11 is 8.24. The fraction of sp³-hybridized carbons (Fsp3) is 0.400. The van der Waals surface area contributed by atoms with Crippen molar-refractivity contribution in [1.29, 1.82) is 0 Å². The van der Waals surface area contributed by atoms with Crippen LogP contribution in [0, 0.1) is 3.70 Å². The number of hydrogen-bond acceptors (Lipinski definition) is 4. The van der Waals surface area contributed by atoms with Crippen molar-refractivity contribution in [3.8, 4) is 0 Å². The Morgan fingerprint density at radius 3 is 2.88 bits per heavy atom. The number of hydrogen-bond donors (Lipinski definition) is 0. The Hall–Kier alpha value is -0.600. The molecule has 0 bridgehead atoms. The second kappa shape index (κ2) is 4.58. The summed E-state index contributed by atoms with van der Waals surface area (Å²) in [6, 6.07) is 1.87. The highest BCUT2D eigenvalue weighted by molar-refractivity contribution is 14.1. The fourth-order valence-electron chi connectivity index (χ4n) is 1.93. The number of nitrogens with zero attached hydrogens (tertiary/aromatic N) is 4. The Morgan fingerprint density at radius 2 is 2.12 bits per heavy atom. The number of anilines is 1. The molecule has 7 heteroatoms. The van der Waals surface area contributed by atoms with E-state index in [1.807, 2.05) is 6.07 Å². The molecule has 0 N–H and O–H groups in total. The van der Waals surface area contributed by atoms with E-state index >= 15 is 0 Å². The number of halogens is 2. The molecule has 0 atom stereocenters. The molecule has 3 rings (SSSR count). The number of morpholine rings is 1. The van der Waals surface area contributed by atoms with Gasteiger partial charge < -0.3 is 9.64 Å². The molecule has 0 radical (unpaired) electrons. The molecule has 0 unspecified atom stereocenters. The quantitative estimate of drug-likeness (QED) is 0.724. The predicted molar refractivity (Wildman–Crippen MR) is 73.7 cm³/mol. The summed E-state index contributed by atoms with van der Waals surface area (Å²) in [6.45, 7) is 3.20. The zero-order valence-electron chi connectivity index (χ0n) is 8.94. The third-order valence-electron chi connectivity index (χ3n) is 2.73. The number of ether oxygens (including phenoxy) is 1. The monoisotopic (exact) mass is 364 g/mol. The molecule has 0 amide bonds. The van der Waals surface area contributed by atoms with Gasteiger partial charge in [0.1, 0.15) is 3.70 Å². The molecular formula is C10H10ClIN4O. The summed E-state index contributed by atoms with van der Waals surface area (Å²) < 4.78 is 8.07. The van der Waals surface area contributed by atoms with Gasteiger partial charge in [-0.2, -0.15) is 5.10 Å². The molecular weight excluding hydrogens is 354 g/mol. The van der Waals surface area contributed by atoms with Crippen molar-refractivity contribution < 1.29 is 4.74 Å². The van der Waals surface area contributed by atoms with Gasteiger partial charge in [-0.3, -0.25) is 0 Å². The second-order valence-electron chi connectivity index (χ2n) is 3.77. The van der Waals surface area contributed by atoms with E-state index in [-0.39, 0.29) is 0 Å². The normalized spacial score (nSPS) is 16.7. The van der Waals surface area contributed by atoms with Crippen molar-refractivity contribution in [2.45, 2.75) is 0 Å². The Balaban J connectivity index is 2.13. The van der Waals surface area contributed by atoms with E-state index in [9.17, 15) is 0 Å². The van der Waals surface area contributed by atoms with E-state index in [0.717, 1.165) is 41.3 Å². The third kappa shape index (κ3) is 2.09. The number of aromatic nitrogens is 3. The highest BCUT2D eigenvalue weighted by atomic mass is 127. The van der Waals surface area contributed by atoms with Crippen LogP contribution in [0.1, 0.15) is 0 Å². The van der Waals surface area contributed by atoms with Gasteiger partial charge in [0, 0.05) is 19.2 Å².